The average Bonchev–Trinajstić information content (AvgIpc) is 3.40. The van der Waals surface area contributed by atoms with Gasteiger partial charge in [-0.05, 0) is 53.6 Å². The molecule has 0 atom stereocenters. The van der Waals surface area contributed by atoms with Crippen LogP contribution in [0.2, 0.25) is 0 Å². The number of amides is 1. The second kappa shape index (κ2) is 11.6. The van der Waals surface area contributed by atoms with Gasteiger partial charge in [-0.3, -0.25) is 9.69 Å². The molecule has 8 nitrogen and oxygen atoms in total. The fraction of sp³-hybridized carbons (Fsp3) is 0.241. The van der Waals surface area contributed by atoms with E-state index in [1.807, 2.05) is 30.3 Å². The van der Waals surface area contributed by atoms with Crippen molar-refractivity contribution in [3.8, 4) is 11.5 Å². The zero-order chi connectivity index (χ0) is 25.5. The average molecular weight is 500 g/mol. The van der Waals surface area contributed by atoms with E-state index in [1.165, 1.54) is 11.6 Å². The molecule has 2 heterocycles. The van der Waals surface area contributed by atoms with Crippen molar-refractivity contribution in [2.45, 2.75) is 6.54 Å². The largest absolute Gasteiger partial charge is 0.454 e. The Kier molecular flexibility index (Phi) is 7.66. The Morgan fingerprint density at radius 1 is 0.892 bits per heavy atom. The Balaban J connectivity index is 1.04. The van der Waals surface area contributed by atoms with E-state index < -0.39 is 11.9 Å². The lowest BCUT2D eigenvalue weighted by Gasteiger charge is -2.36. The summed E-state index contributed by atoms with van der Waals surface area (Å²) in [7, 11) is 0. The van der Waals surface area contributed by atoms with Crippen LogP contribution in [0, 0.1) is 0 Å². The quantitative estimate of drug-likeness (QED) is 0.372. The van der Waals surface area contributed by atoms with Crippen LogP contribution in [0.15, 0.2) is 78.9 Å². The SMILES string of the molecule is O=C(COC(=O)/C=C/c1ccc2c(c1)OCO2)Nc1ccc(N2CCN(Cc3ccccc3)CC2)cc1. The molecule has 0 aromatic heterocycles. The maximum Gasteiger partial charge on any atom is 0.331 e. The molecule has 0 saturated carbocycles. The molecule has 8 heteroatoms. The lowest BCUT2D eigenvalue weighted by atomic mass is 10.2. The van der Waals surface area contributed by atoms with Crippen molar-refractivity contribution < 1.29 is 23.8 Å². The van der Waals surface area contributed by atoms with Gasteiger partial charge in [-0.1, -0.05) is 36.4 Å². The molecule has 0 aliphatic carbocycles. The Morgan fingerprint density at radius 3 is 2.43 bits per heavy atom. The van der Waals surface area contributed by atoms with Crippen molar-refractivity contribution in [2.75, 3.05) is 49.8 Å². The number of carbonyl (C=O) groups is 2. The number of piperazine rings is 1. The Bertz CT molecular complexity index is 1250. The minimum atomic E-state index is -0.602. The van der Waals surface area contributed by atoms with Crippen LogP contribution in [-0.2, 0) is 20.9 Å². The number of hydrogen-bond acceptors (Lipinski definition) is 7. The third kappa shape index (κ3) is 6.68. The molecule has 190 valence electrons. The lowest BCUT2D eigenvalue weighted by Crippen LogP contribution is -2.45. The number of fused-ring (bicyclic) bond motifs is 1. The van der Waals surface area contributed by atoms with Crippen LogP contribution < -0.4 is 19.7 Å². The third-order valence-corrected chi connectivity index (χ3v) is 6.29. The van der Waals surface area contributed by atoms with Crippen molar-refractivity contribution in [2.24, 2.45) is 0 Å². The molecule has 0 radical (unpaired) electrons. The fourth-order valence-electron chi connectivity index (χ4n) is 4.32. The highest BCUT2D eigenvalue weighted by Crippen LogP contribution is 2.32. The zero-order valence-corrected chi connectivity index (χ0v) is 20.5. The summed E-state index contributed by atoms with van der Waals surface area (Å²) >= 11 is 0. The summed E-state index contributed by atoms with van der Waals surface area (Å²) in [6.07, 6.45) is 2.88. The van der Waals surface area contributed by atoms with Crippen LogP contribution >= 0.6 is 0 Å². The van der Waals surface area contributed by atoms with E-state index in [-0.39, 0.29) is 13.4 Å². The second-order valence-corrected chi connectivity index (χ2v) is 8.90. The van der Waals surface area contributed by atoms with Gasteiger partial charge in [0.1, 0.15) is 0 Å². The van der Waals surface area contributed by atoms with E-state index in [1.54, 1.807) is 24.3 Å². The maximum absolute atomic E-state index is 12.2. The number of nitrogens with zero attached hydrogens (tertiary/aromatic N) is 2. The van der Waals surface area contributed by atoms with E-state index in [0.29, 0.717) is 17.2 Å². The van der Waals surface area contributed by atoms with Gasteiger partial charge in [0, 0.05) is 50.2 Å². The Hall–Kier alpha value is -4.30. The monoisotopic (exact) mass is 499 g/mol. The van der Waals surface area contributed by atoms with E-state index in [0.717, 1.165) is 44.0 Å². The number of esters is 1. The molecule has 2 aliphatic rings. The summed E-state index contributed by atoms with van der Waals surface area (Å²) in [6, 6.07) is 23.6. The highest BCUT2D eigenvalue weighted by atomic mass is 16.7. The van der Waals surface area contributed by atoms with Gasteiger partial charge in [0.05, 0.1) is 0 Å². The third-order valence-electron chi connectivity index (χ3n) is 6.29. The molecule has 1 N–H and O–H groups in total. The number of carbonyl (C=O) groups excluding carboxylic acids is 2. The van der Waals surface area contributed by atoms with Gasteiger partial charge >= 0.3 is 5.97 Å². The Morgan fingerprint density at radius 2 is 1.65 bits per heavy atom. The first-order valence-corrected chi connectivity index (χ1v) is 12.3. The zero-order valence-electron chi connectivity index (χ0n) is 20.5. The number of nitrogens with one attached hydrogen (secondary N) is 1. The van der Waals surface area contributed by atoms with Gasteiger partial charge in [0.25, 0.3) is 5.91 Å². The predicted molar refractivity (Wildman–Crippen MR) is 142 cm³/mol. The first-order chi connectivity index (χ1) is 18.1. The van der Waals surface area contributed by atoms with Gasteiger partial charge in [-0.15, -0.1) is 0 Å². The molecule has 3 aromatic carbocycles. The van der Waals surface area contributed by atoms with Gasteiger partial charge in [0.15, 0.2) is 18.1 Å². The van der Waals surface area contributed by atoms with Crippen molar-refractivity contribution >= 4 is 29.3 Å². The minimum Gasteiger partial charge on any atom is -0.454 e. The molecule has 37 heavy (non-hydrogen) atoms. The first kappa shape index (κ1) is 24.4. The smallest absolute Gasteiger partial charge is 0.331 e. The fourth-order valence-corrected chi connectivity index (χ4v) is 4.32. The van der Waals surface area contributed by atoms with Gasteiger partial charge < -0.3 is 24.4 Å². The molecule has 3 aromatic rings. The number of anilines is 2. The lowest BCUT2D eigenvalue weighted by molar-refractivity contribution is -0.142. The molecule has 0 unspecified atom stereocenters. The second-order valence-electron chi connectivity index (χ2n) is 8.90. The summed E-state index contributed by atoms with van der Waals surface area (Å²) in [6.45, 7) is 4.70. The highest BCUT2D eigenvalue weighted by molar-refractivity contribution is 5.94. The molecular weight excluding hydrogens is 470 g/mol. The topological polar surface area (TPSA) is 80.3 Å². The number of rotatable bonds is 8. The summed E-state index contributed by atoms with van der Waals surface area (Å²) in [4.78, 5) is 29.0. The van der Waals surface area contributed by atoms with Gasteiger partial charge in [0.2, 0.25) is 6.79 Å². The van der Waals surface area contributed by atoms with E-state index in [4.69, 9.17) is 14.2 Å². The van der Waals surface area contributed by atoms with Crippen LogP contribution in [-0.4, -0.2) is 56.4 Å². The van der Waals surface area contributed by atoms with Gasteiger partial charge in [-0.25, -0.2) is 4.79 Å². The number of ether oxygens (including phenoxy) is 3. The summed E-state index contributed by atoms with van der Waals surface area (Å²) in [5.41, 5.74) is 3.88. The summed E-state index contributed by atoms with van der Waals surface area (Å²) < 4.78 is 15.6. The van der Waals surface area contributed by atoms with Crippen LogP contribution in [0.4, 0.5) is 11.4 Å². The van der Waals surface area contributed by atoms with Gasteiger partial charge in [-0.2, -0.15) is 0 Å². The van der Waals surface area contributed by atoms with E-state index >= 15 is 0 Å². The minimum absolute atomic E-state index is 0.189. The predicted octanol–water partition coefficient (Wildman–Crippen LogP) is 3.93. The molecule has 2 aliphatic heterocycles. The van der Waals surface area contributed by atoms with E-state index in [9.17, 15) is 9.59 Å². The highest BCUT2D eigenvalue weighted by Gasteiger charge is 2.17. The van der Waals surface area contributed by atoms with Crippen molar-refractivity contribution in [3.05, 3.63) is 90.0 Å². The molecule has 0 spiro atoms. The molecule has 1 fully saturated rings. The number of benzene rings is 3. The molecule has 0 bridgehead atoms. The standard InChI is InChI=1S/C29H29N3O5/c33-28(20-35-29(34)13-7-22-6-12-26-27(18-22)37-21-36-26)30-24-8-10-25(11-9-24)32-16-14-31(15-17-32)19-23-4-2-1-3-5-23/h1-13,18H,14-17,19-21H2,(H,30,33)/b13-7+. The Labute approximate surface area is 216 Å². The van der Waals surface area contributed by atoms with Crippen molar-refractivity contribution in [3.63, 3.8) is 0 Å². The summed E-state index contributed by atoms with van der Waals surface area (Å²) in [5, 5.41) is 2.77. The van der Waals surface area contributed by atoms with Crippen molar-refractivity contribution in [1.29, 1.82) is 0 Å². The van der Waals surface area contributed by atoms with E-state index in [2.05, 4.69) is 39.4 Å². The van der Waals surface area contributed by atoms with Crippen LogP contribution in [0.1, 0.15) is 11.1 Å². The molecule has 5 rings (SSSR count). The van der Waals surface area contributed by atoms with Crippen LogP contribution in [0.25, 0.3) is 6.08 Å². The summed E-state index contributed by atoms with van der Waals surface area (Å²) in [5.74, 6) is 0.304. The first-order valence-electron chi connectivity index (χ1n) is 12.3. The molecule has 1 saturated heterocycles. The maximum atomic E-state index is 12.2. The normalized spacial score (nSPS) is 15.1. The molecular formula is C29H29N3O5. The van der Waals surface area contributed by atoms with Crippen molar-refractivity contribution in [1.82, 2.24) is 4.90 Å². The molecule has 1 amide bonds. The number of hydrogen-bond donors (Lipinski definition) is 1. The van der Waals surface area contributed by atoms with Crippen LogP contribution in [0.5, 0.6) is 11.5 Å². The van der Waals surface area contributed by atoms with Crippen LogP contribution in [0.3, 0.4) is 0 Å².